The Labute approximate surface area is 196 Å². The summed E-state index contributed by atoms with van der Waals surface area (Å²) in [5.74, 6) is 0.664. The number of hydrogen-bond donors (Lipinski definition) is 0. The van der Waals surface area contributed by atoms with Crippen molar-refractivity contribution in [1.29, 1.82) is 0 Å². The van der Waals surface area contributed by atoms with Crippen molar-refractivity contribution >= 4 is 10.9 Å². The van der Waals surface area contributed by atoms with Crippen molar-refractivity contribution in [3.05, 3.63) is 118 Å². The summed E-state index contributed by atoms with van der Waals surface area (Å²) in [5.41, 5.74) is 3.42. The van der Waals surface area contributed by atoms with E-state index >= 15 is 4.39 Å². The fourth-order valence-corrected chi connectivity index (χ4v) is 3.91. The first kappa shape index (κ1) is 21.5. The third kappa shape index (κ3) is 4.18. The molecule has 0 aliphatic carbocycles. The molecule has 0 radical (unpaired) electrons. The SMILES string of the molecule is Cc1ccc2nccc(Oc3ccc(-c4cnc(Cc5ccccc5)n(C)c4=O)cc3F)c2c1. The number of benzene rings is 3. The predicted octanol–water partition coefficient (Wildman–Crippen LogP) is 5.83. The molecule has 0 atom stereocenters. The molecule has 6 heteroatoms. The first-order valence-corrected chi connectivity index (χ1v) is 10.9. The van der Waals surface area contributed by atoms with E-state index in [4.69, 9.17) is 4.74 Å². The highest BCUT2D eigenvalue weighted by Gasteiger charge is 2.14. The van der Waals surface area contributed by atoms with E-state index in [1.807, 2.05) is 55.5 Å². The van der Waals surface area contributed by atoms with Crippen molar-refractivity contribution in [3.8, 4) is 22.6 Å². The van der Waals surface area contributed by atoms with Gasteiger partial charge >= 0.3 is 0 Å². The van der Waals surface area contributed by atoms with Gasteiger partial charge in [-0.25, -0.2) is 9.37 Å². The maximum atomic E-state index is 15.0. The normalized spacial score (nSPS) is 11.0. The molecule has 0 amide bonds. The summed E-state index contributed by atoms with van der Waals surface area (Å²) < 4.78 is 22.4. The lowest BCUT2D eigenvalue weighted by molar-refractivity contribution is 0.446. The molecule has 0 spiro atoms. The number of fused-ring (bicyclic) bond motifs is 1. The van der Waals surface area contributed by atoms with Gasteiger partial charge < -0.3 is 4.74 Å². The minimum Gasteiger partial charge on any atom is -0.454 e. The van der Waals surface area contributed by atoms with E-state index < -0.39 is 5.82 Å². The third-order valence-corrected chi connectivity index (χ3v) is 5.79. The summed E-state index contributed by atoms with van der Waals surface area (Å²) in [7, 11) is 1.68. The number of aryl methyl sites for hydroxylation is 1. The van der Waals surface area contributed by atoms with E-state index in [1.165, 1.54) is 22.9 Å². The smallest absolute Gasteiger partial charge is 0.261 e. The van der Waals surface area contributed by atoms with E-state index in [2.05, 4.69) is 9.97 Å². The van der Waals surface area contributed by atoms with Gasteiger partial charge in [-0.15, -0.1) is 0 Å². The highest BCUT2D eigenvalue weighted by molar-refractivity contribution is 5.85. The van der Waals surface area contributed by atoms with Crippen LogP contribution in [0.4, 0.5) is 4.39 Å². The molecule has 0 N–H and O–H groups in total. The molecule has 0 saturated carbocycles. The van der Waals surface area contributed by atoms with Gasteiger partial charge in [0.25, 0.3) is 5.56 Å². The summed E-state index contributed by atoms with van der Waals surface area (Å²) in [6, 6.07) is 21.9. The molecule has 0 unspecified atom stereocenters. The Morgan fingerprint density at radius 3 is 2.56 bits per heavy atom. The maximum Gasteiger partial charge on any atom is 0.261 e. The van der Waals surface area contributed by atoms with Gasteiger partial charge in [-0.05, 0) is 48.4 Å². The highest BCUT2D eigenvalue weighted by atomic mass is 19.1. The molecule has 168 valence electrons. The van der Waals surface area contributed by atoms with Crippen LogP contribution in [-0.4, -0.2) is 14.5 Å². The standard InChI is InChI=1S/C28H22FN3O2/c1-18-8-10-24-21(14-18)25(12-13-30-24)34-26-11-9-20(16-23(26)29)22-17-31-27(32(2)28(22)33)15-19-6-4-3-5-7-19/h3-14,16-17H,15H2,1-2H3. The number of halogens is 1. The number of rotatable bonds is 5. The lowest BCUT2D eigenvalue weighted by Crippen LogP contribution is -2.23. The summed E-state index contributed by atoms with van der Waals surface area (Å²) in [4.78, 5) is 21.8. The topological polar surface area (TPSA) is 57.0 Å². The van der Waals surface area contributed by atoms with Crippen molar-refractivity contribution in [2.45, 2.75) is 13.3 Å². The molecule has 0 saturated heterocycles. The molecule has 0 aliphatic heterocycles. The summed E-state index contributed by atoms with van der Waals surface area (Å²) in [5, 5.41) is 0.804. The van der Waals surface area contributed by atoms with Crippen LogP contribution in [0.1, 0.15) is 17.0 Å². The summed E-state index contributed by atoms with van der Waals surface area (Å²) in [6.45, 7) is 1.98. The second-order valence-corrected chi connectivity index (χ2v) is 8.19. The molecule has 2 aromatic heterocycles. The van der Waals surface area contributed by atoms with Crippen LogP contribution in [0.25, 0.3) is 22.0 Å². The van der Waals surface area contributed by atoms with Crippen LogP contribution < -0.4 is 10.3 Å². The van der Waals surface area contributed by atoms with Crippen LogP contribution in [0.3, 0.4) is 0 Å². The van der Waals surface area contributed by atoms with Crippen LogP contribution in [0.5, 0.6) is 11.5 Å². The first-order chi connectivity index (χ1) is 16.5. The molecule has 5 aromatic rings. The summed E-state index contributed by atoms with van der Waals surface area (Å²) >= 11 is 0. The monoisotopic (exact) mass is 451 g/mol. The van der Waals surface area contributed by atoms with Crippen molar-refractivity contribution in [3.63, 3.8) is 0 Å². The number of pyridine rings is 1. The Balaban J connectivity index is 1.45. The van der Waals surface area contributed by atoms with E-state index in [-0.39, 0.29) is 11.3 Å². The molecule has 5 rings (SSSR count). The van der Waals surface area contributed by atoms with Gasteiger partial charge in [0.1, 0.15) is 11.6 Å². The van der Waals surface area contributed by atoms with E-state index in [0.717, 1.165) is 22.0 Å². The minimum absolute atomic E-state index is 0.0724. The van der Waals surface area contributed by atoms with E-state index in [0.29, 0.717) is 29.1 Å². The van der Waals surface area contributed by atoms with Crippen LogP contribution in [0.15, 0.2) is 90.0 Å². The Kier molecular flexibility index (Phi) is 5.64. The largest absolute Gasteiger partial charge is 0.454 e. The number of hydrogen-bond acceptors (Lipinski definition) is 4. The second kappa shape index (κ2) is 8.90. The average molecular weight is 452 g/mol. The molecular formula is C28H22FN3O2. The lowest BCUT2D eigenvalue weighted by Gasteiger charge is -2.12. The fourth-order valence-electron chi connectivity index (χ4n) is 3.91. The molecular weight excluding hydrogens is 429 g/mol. The molecule has 0 bridgehead atoms. The minimum atomic E-state index is -0.564. The molecule has 0 aliphatic rings. The van der Waals surface area contributed by atoms with Gasteiger partial charge in [-0.2, -0.15) is 0 Å². The zero-order chi connectivity index (χ0) is 23.7. The Morgan fingerprint density at radius 1 is 0.941 bits per heavy atom. The first-order valence-electron chi connectivity index (χ1n) is 10.9. The average Bonchev–Trinajstić information content (AvgIpc) is 2.84. The molecule has 3 aromatic carbocycles. The molecule has 5 nitrogen and oxygen atoms in total. The van der Waals surface area contributed by atoms with E-state index in [1.54, 1.807) is 25.4 Å². The van der Waals surface area contributed by atoms with Gasteiger partial charge in [0.2, 0.25) is 0 Å². The van der Waals surface area contributed by atoms with E-state index in [9.17, 15) is 4.79 Å². The second-order valence-electron chi connectivity index (χ2n) is 8.19. The summed E-state index contributed by atoms with van der Waals surface area (Å²) in [6.07, 6.45) is 3.67. The van der Waals surface area contributed by atoms with Crippen molar-refractivity contribution < 1.29 is 9.13 Å². The van der Waals surface area contributed by atoms with Crippen molar-refractivity contribution in [1.82, 2.24) is 14.5 Å². The van der Waals surface area contributed by atoms with Gasteiger partial charge in [0.05, 0.1) is 11.1 Å². The van der Waals surface area contributed by atoms with Gasteiger partial charge in [0, 0.05) is 31.2 Å². The van der Waals surface area contributed by atoms with Crippen molar-refractivity contribution in [2.24, 2.45) is 7.05 Å². The Bertz CT molecular complexity index is 1560. The maximum absolute atomic E-state index is 15.0. The molecule has 2 heterocycles. The van der Waals surface area contributed by atoms with Crippen molar-refractivity contribution in [2.75, 3.05) is 0 Å². The number of nitrogens with zero attached hydrogens (tertiary/aromatic N) is 3. The van der Waals surface area contributed by atoms with Crippen LogP contribution in [-0.2, 0) is 13.5 Å². The van der Waals surface area contributed by atoms with Crippen LogP contribution in [0, 0.1) is 12.7 Å². The van der Waals surface area contributed by atoms with Gasteiger partial charge in [0.15, 0.2) is 11.6 Å². The zero-order valence-corrected chi connectivity index (χ0v) is 18.8. The van der Waals surface area contributed by atoms with Gasteiger partial charge in [-0.1, -0.05) is 48.0 Å². The zero-order valence-electron chi connectivity index (χ0n) is 18.8. The van der Waals surface area contributed by atoms with Crippen LogP contribution >= 0.6 is 0 Å². The quantitative estimate of drug-likeness (QED) is 0.338. The number of ether oxygens (including phenoxy) is 1. The third-order valence-electron chi connectivity index (χ3n) is 5.79. The van der Waals surface area contributed by atoms with Gasteiger partial charge in [-0.3, -0.25) is 14.3 Å². The van der Waals surface area contributed by atoms with Crippen LogP contribution in [0.2, 0.25) is 0 Å². The molecule has 34 heavy (non-hydrogen) atoms. The predicted molar refractivity (Wildman–Crippen MR) is 131 cm³/mol. The fraction of sp³-hybridized carbons (Fsp3) is 0.107. The Hall–Kier alpha value is -4.32. The molecule has 0 fully saturated rings. The highest BCUT2D eigenvalue weighted by Crippen LogP contribution is 2.32. The number of aromatic nitrogens is 3. The Morgan fingerprint density at radius 2 is 1.76 bits per heavy atom. The lowest BCUT2D eigenvalue weighted by atomic mass is 10.1.